The molecule has 1 saturated carbocycles. The predicted octanol–water partition coefficient (Wildman–Crippen LogP) is 3.52. The van der Waals surface area contributed by atoms with Crippen LogP contribution in [0.4, 0.5) is 10.1 Å². The number of anilines is 1. The van der Waals surface area contributed by atoms with Gasteiger partial charge in [0.05, 0.1) is 17.9 Å². The predicted molar refractivity (Wildman–Crippen MR) is 69.5 cm³/mol. The minimum absolute atomic E-state index is 0.0811. The van der Waals surface area contributed by atoms with E-state index >= 15 is 0 Å². The maximum absolute atomic E-state index is 13.6. The lowest BCUT2D eigenvalue weighted by Gasteiger charge is -2.17. The van der Waals surface area contributed by atoms with E-state index in [0.29, 0.717) is 11.4 Å². The summed E-state index contributed by atoms with van der Waals surface area (Å²) in [5.74, 6) is 0.283. The average molecular weight is 253 g/mol. The zero-order chi connectivity index (χ0) is 13.1. The van der Waals surface area contributed by atoms with Gasteiger partial charge in [0.1, 0.15) is 5.75 Å². The van der Waals surface area contributed by atoms with Crippen molar-refractivity contribution in [1.29, 1.82) is 0 Å². The van der Waals surface area contributed by atoms with Crippen LogP contribution in [0.2, 0.25) is 0 Å². The maximum atomic E-state index is 13.6. The molecular formula is C14H20FNO2. The Kier molecular flexibility index (Phi) is 3.94. The molecule has 1 aliphatic rings. The first-order valence-electron chi connectivity index (χ1n) is 6.48. The first-order chi connectivity index (χ1) is 8.56. The topological polar surface area (TPSA) is 44.5 Å². The van der Waals surface area contributed by atoms with Crippen molar-refractivity contribution in [2.75, 3.05) is 5.73 Å². The fourth-order valence-corrected chi connectivity index (χ4v) is 2.18. The van der Waals surface area contributed by atoms with E-state index in [1.54, 1.807) is 6.07 Å². The molecule has 0 heterocycles. The third-order valence-electron chi connectivity index (χ3n) is 3.02. The molecule has 0 atom stereocenters. The number of nitrogen functional groups attached to an aromatic ring is 1. The molecule has 0 radical (unpaired) electrons. The number of benzene rings is 1. The van der Waals surface area contributed by atoms with Crippen LogP contribution in [0.25, 0.3) is 0 Å². The summed E-state index contributed by atoms with van der Waals surface area (Å²) in [6, 6.07) is 2.82. The van der Waals surface area contributed by atoms with Gasteiger partial charge in [-0.1, -0.05) is 0 Å². The van der Waals surface area contributed by atoms with Gasteiger partial charge < -0.3 is 15.2 Å². The van der Waals surface area contributed by atoms with Crippen molar-refractivity contribution in [1.82, 2.24) is 0 Å². The molecule has 1 fully saturated rings. The van der Waals surface area contributed by atoms with Crippen LogP contribution in [0, 0.1) is 5.82 Å². The Morgan fingerprint density at radius 1 is 1.22 bits per heavy atom. The average Bonchev–Trinajstić information content (AvgIpc) is 2.77. The summed E-state index contributed by atoms with van der Waals surface area (Å²) in [6.07, 6.45) is 4.56. The zero-order valence-electron chi connectivity index (χ0n) is 10.9. The summed E-state index contributed by atoms with van der Waals surface area (Å²) < 4.78 is 24.8. The van der Waals surface area contributed by atoms with Gasteiger partial charge in [0.15, 0.2) is 11.6 Å². The largest absolute Gasteiger partial charge is 0.488 e. The van der Waals surface area contributed by atoms with Crippen LogP contribution in [0.5, 0.6) is 11.5 Å². The van der Waals surface area contributed by atoms with E-state index in [1.165, 1.54) is 18.9 Å². The van der Waals surface area contributed by atoms with Crippen molar-refractivity contribution in [3.8, 4) is 11.5 Å². The molecule has 1 aromatic carbocycles. The first-order valence-corrected chi connectivity index (χ1v) is 6.48. The van der Waals surface area contributed by atoms with E-state index in [-0.39, 0.29) is 18.0 Å². The molecular weight excluding hydrogens is 233 g/mol. The molecule has 0 bridgehead atoms. The first kappa shape index (κ1) is 13.0. The van der Waals surface area contributed by atoms with Crippen LogP contribution < -0.4 is 15.2 Å². The normalized spacial score (nSPS) is 16.2. The Bertz CT molecular complexity index is 415. The highest BCUT2D eigenvalue weighted by atomic mass is 19.1. The Morgan fingerprint density at radius 3 is 2.50 bits per heavy atom. The van der Waals surface area contributed by atoms with Crippen molar-refractivity contribution in [3.05, 3.63) is 17.9 Å². The second kappa shape index (κ2) is 5.46. The molecule has 0 unspecified atom stereocenters. The minimum Gasteiger partial charge on any atom is -0.488 e. The van der Waals surface area contributed by atoms with Gasteiger partial charge in [-0.2, -0.15) is 0 Å². The standard InChI is InChI=1S/C14H20FNO2/c1-9(2)17-13-8-14(12(16)7-11(13)15)18-10-5-3-4-6-10/h7-10H,3-6,16H2,1-2H3. The second-order valence-electron chi connectivity index (χ2n) is 5.01. The fraction of sp³-hybridized carbons (Fsp3) is 0.571. The summed E-state index contributed by atoms with van der Waals surface area (Å²) in [6.45, 7) is 3.71. The fourth-order valence-electron chi connectivity index (χ4n) is 2.18. The summed E-state index contributed by atoms with van der Waals surface area (Å²) in [5.41, 5.74) is 6.11. The van der Waals surface area contributed by atoms with E-state index in [2.05, 4.69) is 0 Å². The van der Waals surface area contributed by atoms with Crippen molar-refractivity contribution in [3.63, 3.8) is 0 Å². The molecule has 0 aliphatic heterocycles. The van der Waals surface area contributed by atoms with Crippen LogP contribution in [0.15, 0.2) is 12.1 Å². The Hall–Kier alpha value is -1.45. The number of hydrogen-bond donors (Lipinski definition) is 1. The van der Waals surface area contributed by atoms with Crippen LogP contribution in [0.3, 0.4) is 0 Å². The minimum atomic E-state index is -0.444. The Morgan fingerprint density at radius 2 is 1.89 bits per heavy atom. The molecule has 1 aromatic rings. The van der Waals surface area contributed by atoms with E-state index in [4.69, 9.17) is 15.2 Å². The summed E-state index contributed by atoms with van der Waals surface area (Å²) >= 11 is 0. The summed E-state index contributed by atoms with van der Waals surface area (Å²) in [5, 5.41) is 0. The van der Waals surface area contributed by atoms with Crippen molar-refractivity contribution in [2.45, 2.75) is 51.7 Å². The number of halogens is 1. The van der Waals surface area contributed by atoms with E-state index < -0.39 is 5.82 Å². The molecule has 2 rings (SSSR count). The smallest absolute Gasteiger partial charge is 0.167 e. The molecule has 100 valence electrons. The highest BCUT2D eigenvalue weighted by molar-refractivity contribution is 5.56. The molecule has 0 spiro atoms. The van der Waals surface area contributed by atoms with Crippen molar-refractivity contribution >= 4 is 5.69 Å². The third-order valence-corrected chi connectivity index (χ3v) is 3.02. The highest BCUT2D eigenvalue weighted by Gasteiger charge is 2.19. The van der Waals surface area contributed by atoms with Crippen molar-refractivity contribution < 1.29 is 13.9 Å². The molecule has 18 heavy (non-hydrogen) atoms. The molecule has 1 aliphatic carbocycles. The lowest BCUT2D eigenvalue weighted by molar-refractivity contribution is 0.204. The number of ether oxygens (including phenoxy) is 2. The van der Waals surface area contributed by atoms with E-state index in [1.807, 2.05) is 13.8 Å². The molecule has 2 N–H and O–H groups in total. The molecule has 0 saturated heterocycles. The van der Waals surface area contributed by atoms with Gasteiger partial charge in [-0.05, 0) is 39.5 Å². The monoisotopic (exact) mass is 253 g/mol. The van der Waals surface area contributed by atoms with Gasteiger partial charge in [-0.15, -0.1) is 0 Å². The van der Waals surface area contributed by atoms with E-state index in [9.17, 15) is 4.39 Å². The summed E-state index contributed by atoms with van der Waals surface area (Å²) in [4.78, 5) is 0. The van der Waals surface area contributed by atoms with Gasteiger partial charge in [-0.3, -0.25) is 0 Å². The zero-order valence-corrected chi connectivity index (χ0v) is 10.9. The van der Waals surface area contributed by atoms with Crippen molar-refractivity contribution in [2.24, 2.45) is 0 Å². The Labute approximate surface area is 107 Å². The Balaban J connectivity index is 2.17. The van der Waals surface area contributed by atoms with Gasteiger partial charge >= 0.3 is 0 Å². The van der Waals surface area contributed by atoms with Gasteiger partial charge in [0.25, 0.3) is 0 Å². The van der Waals surface area contributed by atoms with E-state index in [0.717, 1.165) is 12.8 Å². The van der Waals surface area contributed by atoms with Crippen LogP contribution >= 0.6 is 0 Å². The molecule has 4 heteroatoms. The lowest BCUT2D eigenvalue weighted by atomic mass is 10.2. The third kappa shape index (κ3) is 3.06. The van der Waals surface area contributed by atoms with Crippen LogP contribution in [0.1, 0.15) is 39.5 Å². The number of nitrogens with two attached hydrogens (primary N) is 1. The quantitative estimate of drug-likeness (QED) is 0.835. The van der Waals surface area contributed by atoms with Gasteiger partial charge in [0.2, 0.25) is 0 Å². The summed E-state index contributed by atoms with van der Waals surface area (Å²) in [7, 11) is 0. The lowest BCUT2D eigenvalue weighted by Crippen LogP contribution is -2.13. The number of hydrogen-bond acceptors (Lipinski definition) is 3. The molecule has 3 nitrogen and oxygen atoms in total. The highest BCUT2D eigenvalue weighted by Crippen LogP contribution is 2.33. The second-order valence-corrected chi connectivity index (χ2v) is 5.01. The van der Waals surface area contributed by atoms with Gasteiger partial charge in [-0.25, -0.2) is 4.39 Å². The SMILES string of the molecule is CC(C)Oc1cc(OC2CCCC2)c(N)cc1F. The maximum Gasteiger partial charge on any atom is 0.167 e. The van der Waals surface area contributed by atoms with Crippen LogP contribution in [-0.2, 0) is 0 Å². The van der Waals surface area contributed by atoms with Gasteiger partial charge in [0, 0.05) is 12.1 Å². The van der Waals surface area contributed by atoms with Crippen LogP contribution in [-0.4, -0.2) is 12.2 Å². The molecule has 0 amide bonds. The molecule has 0 aromatic heterocycles. The number of rotatable bonds is 4.